The highest BCUT2D eigenvalue weighted by Crippen LogP contribution is 2.31. The smallest absolute Gasteiger partial charge is 0.310 e. The second-order valence-corrected chi connectivity index (χ2v) is 11.3. The van der Waals surface area contributed by atoms with Crippen LogP contribution in [0.15, 0.2) is 24.3 Å². The molecule has 0 radical (unpaired) electrons. The first kappa shape index (κ1) is 33.9. The third-order valence-corrected chi connectivity index (χ3v) is 8.15. The molecule has 0 amide bonds. The Bertz CT molecular complexity index is 1040. The first-order valence-electron chi connectivity index (χ1n) is 14.3. The van der Waals surface area contributed by atoms with Crippen molar-refractivity contribution in [3.63, 3.8) is 0 Å². The van der Waals surface area contributed by atoms with Gasteiger partial charge in [-0.2, -0.15) is 0 Å². The lowest BCUT2D eigenvalue weighted by molar-refractivity contribution is -0.315. The maximum Gasteiger partial charge on any atom is 0.310 e. The maximum absolute atomic E-state index is 12.4. The summed E-state index contributed by atoms with van der Waals surface area (Å²) in [5.74, 6) is 0.0624. The summed E-state index contributed by atoms with van der Waals surface area (Å²) in [5.41, 5.74) is 31.1. The monoisotopic (exact) mass is 615 g/mol. The highest BCUT2D eigenvalue weighted by atomic mass is 16.7. The van der Waals surface area contributed by atoms with E-state index in [-0.39, 0.29) is 32.4 Å². The van der Waals surface area contributed by atoms with Gasteiger partial charge in [-0.15, -0.1) is 0 Å². The molecule has 1 saturated carbocycles. The molecule has 0 bridgehead atoms. The van der Waals surface area contributed by atoms with Crippen LogP contribution in [0.2, 0.25) is 0 Å². The number of benzene rings is 1. The van der Waals surface area contributed by atoms with E-state index >= 15 is 0 Å². The molecule has 1 aromatic carbocycles. The SMILES string of the molecule is COc1ccc(CC(=O)OC[C@H]2O[C@H](O[C@@H]3[C@@H](O)[C@H](O[C@H]4O[C@H](CN)[C@@H](O)C[C@H]4N)[C@@H](N)C[C@H]3N)[C@H](O)[C@@H](N)[C@@H]2O)cc1. The van der Waals surface area contributed by atoms with Crippen molar-refractivity contribution in [2.24, 2.45) is 28.7 Å². The van der Waals surface area contributed by atoms with Crippen LogP contribution in [0.1, 0.15) is 18.4 Å². The summed E-state index contributed by atoms with van der Waals surface area (Å²) in [6, 6.07) is 3.38. The van der Waals surface area contributed by atoms with Gasteiger partial charge in [0.05, 0.1) is 37.8 Å². The van der Waals surface area contributed by atoms with E-state index in [1.54, 1.807) is 24.3 Å². The Balaban J connectivity index is 1.37. The van der Waals surface area contributed by atoms with Crippen LogP contribution in [0.25, 0.3) is 0 Å². The van der Waals surface area contributed by atoms with Gasteiger partial charge in [-0.1, -0.05) is 12.1 Å². The normalized spacial score (nSPS) is 41.9. The molecule has 14 atom stereocenters. The highest BCUT2D eigenvalue weighted by Gasteiger charge is 2.50. The van der Waals surface area contributed by atoms with Crippen molar-refractivity contribution in [2.45, 2.75) is 105 Å². The first-order valence-corrected chi connectivity index (χ1v) is 14.3. The van der Waals surface area contributed by atoms with Crippen LogP contribution in [-0.4, -0.2) is 132 Å². The molecule has 2 aliphatic heterocycles. The minimum atomic E-state index is -1.52. The maximum atomic E-state index is 12.4. The Morgan fingerprint density at radius 2 is 1.44 bits per heavy atom. The van der Waals surface area contributed by atoms with E-state index in [1.165, 1.54) is 7.11 Å². The molecule has 2 saturated heterocycles. The van der Waals surface area contributed by atoms with E-state index in [0.717, 1.165) is 0 Å². The molecule has 1 aliphatic carbocycles. The van der Waals surface area contributed by atoms with Crippen molar-refractivity contribution in [3.05, 3.63) is 29.8 Å². The molecule has 4 rings (SSSR count). The van der Waals surface area contributed by atoms with E-state index in [0.29, 0.717) is 11.3 Å². The lowest BCUT2D eigenvalue weighted by Crippen LogP contribution is -2.68. The van der Waals surface area contributed by atoms with Crippen molar-refractivity contribution in [2.75, 3.05) is 20.3 Å². The van der Waals surface area contributed by atoms with Crippen LogP contribution in [0.3, 0.4) is 0 Å². The molecule has 14 N–H and O–H groups in total. The molecule has 0 aromatic heterocycles. The lowest BCUT2D eigenvalue weighted by Gasteiger charge is -2.47. The number of methoxy groups -OCH3 is 1. The Labute approximate surface area is 249 Å². The zero-order valence-electron chi connectivity index (χ0n) is 24.0. The fourth-order valence-corrected chi connectivity index (χ4v) is 5.55. The number of aliphatic hydroxyl groups is 4. The number of carbonyl (C=O) groups excluding carboxylic acids is 1. The average Bonchev–Trinajstić information content (AvgIpc) is 2.98. The predicted octanol–water partition coefficient (Wildman–Crippen LogP) is -4.49. The number of hydrogen-bond acceptors (Lipinski definition) is 16. The molecule has 244 valence electrons. The van der Waals surface area contributed by atoms with Gasteiger partial charge in [0.15, 0.2) is 12.6 Å². The van der Waals surface area contributed by atoms with Gasteiger partial charge in [-0.25, -0.2) is 0 Å². The minimum Gasteiger partial charge on any atom is -0.497 e. The van der Waals surface area contributed by atoms with Crippen molar-refractivity contribution in [3.8, 4) is 5.75 Å². The average molecular weight is 616 g/mol. The van der Waals surface area contributed by atoms with Gasteiger partial charge in [-0.3, -0.25) is 4.79 Å². The van der Waals surface area contributed by atoms with E-state index in [2.05, 4.69) is 0 Å². The molecule has 43 heavy (non-hydrogen) atoms. The van der Waals surface area contributed by atoms with Gasteiger partial charge >= 0.3 is 5.97 Å². The second-order valence-electron chi connectivity index (χ2n) is 11.3. The zero-order chi connectivity index (χ0) is 31.4. The molecule has 3 aliphatic rings. The molecule has 3 fully saturated rings. The summed E-state index contributed by atoms with van der Waals surface area (Å²) in [4.78, 5) is 12.4. The highest BCUT2D eigenvalue weighted by molar-refractivity contribution is 5.72. The molecule has 16 nitrogen and oxygen atoms in total. The van der Waals surface area contributed by atoms with E-state index < -0.39 is 91.5 Å². The molecule has 16 heteroatoms. The van der Waals surface area contributed by atoms with Gasteiger partial charge in [0.1, 0.15) is 49.0 Å². The summed E-state index contributed by atoms with van der Waals surface area (Å²) in [6.07, 6.45) is -11.4. The third-order valence-electron chi connectivity index (χ3n) is 8.15. The fourth-order valence-electron chi connectivity index (χ4n) is 5.55. The molecular formula is C27H45N5O11. The molecule has 0 spiro atoms. The number of aliphatic hydroxyl groups excluding tert-OH is 4. The Hall–Kier alpha value is -2.03. The van der Waals surface area contributed by atoms with E-state index in [1.807, 2.05) is 0 Å². The summed E-state index contributed by atoms with van der Waals surface area (Å²) in [6.45, 7) is -0.345. The third kappa shape index (κ3) is 7.98. The van der Waals surface area contributed by atoms with Crippen molar-refractivity contribution in [1.29, 1.82) is 0 Å². The van der Waals surface area contributed by atoms with Crippen molar-refractivity contribution < 1.29 is 53.6 Å². The zero-order valence-corrected chi connectivity index (χ0v) is 24.0. The number of ether oxygens (including phenoxy) is 6. The number of nitrogens with two attached hydrogens (primary N) is 5. The van der Waals surface area contributed by atoms with Crippen LogP contribution in [0, 0.1) is 0 Å². The Morgan fingerprint density at radius 3 is 2.05 bits per heavy atom. The summed E-state index contributed by atoms with van der Waals surface area (Å²) in [5, 5.41) is 42.7. The summed E-state index contributed by atoms with van der Waals surface area (Å²) < 4.78 is 33.8. The number of carbonyl (C=O) groups is 1. The van der Waals surface area contributed by atoms with E-state index in [4.69, 9.17) is 57.1 Å². The van der Waals surface area contributed by atoms with Gasteiger partial charge < -0.3 is 77.5 Å². The van der Waals surface area contributed by atoms with Gasteiger partial charge in [-0.05, 0) is 30.5 Å². The van der Waals surface area contributed by atoms with E-state index in [9.17, 15) is 25.2 Å². The van der Waals surface area contributed by atoms with Crippen LogP contribution < -0.4 is 33.4 Å². The second kappa shape index (κ2) is 14.8. The number of rotatable bonds is 10. The van der Waals surface area contributed by atoms with Crippen molar-refractivity contribution in [1.82, 2.24) is 0 Å². The quantitative estimate of drug-likeness (QED) is 0.112. The number of hydrogen-bond donors (Lipinski definition) is 9. The summed E-state index contributed by atoms with van der Waals surface area (Å²) in [7, 11) is 1.54. The largest absolute Gasteiger partial charge is 0.497 e. The van der Waals surface area contributed by atoms with Crippen LogP contribution >= 0.6 is 0 Å². The number of esters is 1. The Morgan fingerprint density at radius 1 is 0.837 bits per heavy atom. The molecule has 1 aromatic rings. The Kier molecular flexibility index (Phi) is 11.7. The van der Waals surface area contributed by atoms with Crippen LogP contribution in [0.5, 0.6) is 5.75 Å². The van der Waals surface area contributed by atoms with Gasteiger partial charge in [0.2, 0.25) is 0 Å². The molecular weight excluding hydrogens is 570 g/mol. The predicted molar refractivity (Wildman–Crippen MR) is 149 cm³/mol. The topological polar surface area (TPSA) is 283 Å². The van der Waals surface area contributed by atoms with Gasteiger partial charge in [0.25, 0.3) is 0 Å². The lowest BCUT2D eigenvalue weighted by atomic mass is 9.84. The van der Waals surface area contributed by atoms with Crippen LogP contribution in [0.4, 0.5) is 0 Å². The standard InChI is InChI=1S/C27H45N5O11/c1-38-12-4-2-11(3-5-12)6-19(34)39-10-18-21(35)20(32)22(36)27(41-18)43-25-14(30)7-13(29)24(23(25)37)42-26-15(31)8-16(33)17(9-28)40-26/h2-5,13-18,20-27,33,35-37H,6-10,28-32H2,1H3/t13-,14+,15+,16-,17+,18+,20-,21+,22+,23-,24+,25-,26+,27+/m0/s1. The van der Waals surface area contributed by atoms with Gasteiger partial charge in [0, 0.05) is 18.6 Å². The summed E-state index contributed by atoms with van der Waals surface area (Å²) >= 11 is 0. The first-order chi connectivity index (χ1) is 20.4. The molecule has 0 unspecified atom stereocenters. The molecule has 2 heterocycles. The minimum absolute atomic E-state index is 0.0323. The van der Waals surface area contributed by atoms with Crippen LogP contribution in [-0.2, 0) is 34.9 Å². The fraction of sp³-hybridized carbons (Fsp3) is 0.741. The van der Waals surface area contributed by atoms with Crippen molar-refractivity contribution >= 4 is 5.97 Å².